The second-order valence-electron chi connectivity index (χ2n) is 6.39. The molecule has 0 fully saturated rings. The maximum absolute atomic E-state index is 13.3. The average molecular weight is 438 g/mol. The fourth-order valence-corrected chi connectivity index (χ4v) is 3.38. The van der Waals surface area contributed by atoms with Gasteiger partial charge in [0.05, 0.1) is 28.4 Å². The molecule has 0 saturated carbocycles. The fraction of sp³-hybridized carbons (Fsp3) is 0.200. The van der Waals surface area contributed by atoms with Gasteiger partial charge in [-0.2, -0.15) is 18.3 Å². The van der Waals surface area contributed by atoms with Crippen LogP contribution < -0.4 is 0 Å². The maximum Gasteiger partial charge on any atom is 0.435 e. The fourth-order valence-electron chi connectivity index (χ4n) is 2.75. The lowest BCUT2D eigenvalue weighted by Crippen LogP contribution is -2.08. The maximum atomic E-state index is 13.3. The molecule has 0 N–H and O–H groups in total. The smallest absolute Gasteiger partial charge is 0.435 e. The highest BCUT2D eigenvalue weighted by Gasteiger charge is 2.35. The summed E-state index contributed by atoms with van der Waals surface area (Å²) in [4.78, 5) is 11.8. The van der Waals surface area contributed by atoms with Crippen LogP contribution in [-0.4, -0.2) is 37.0 Å². The zero-order valence-electron chi connectivity index (χ0n) is 16.0. The molecule has 2 aromatic carbocycles. The van der Waals surface area contributed by atoms with Gasteiger partial charge in [-0.3, -0.25) is 0 Å². The van der Waals surface area contributed by atoms with Gasteiger partial charge in [0.25, 0.3) is 0 Å². The third kappa shape index (κ3) is 4.54. The van der Waals surface area contributed by atoms with E-state index in [9.17, 15) is 26.4 Å². The Bertz CT molecular complexity index is 1170. The van der Waals surface area contributed by atoms with Gasteiger partial charge in [0, 0.05) is 11.8 Å². The predicted octanol–water partition coefficient (Wildman–Crippen LogP) is 4.14. The molecular formula is C20H17F3N2O4S. The average Bonchev–Trinajstić information content (AvgIpc) is 3.14. The van der Waals surface area contributed by atoms with Gasteiger partial charge < -0.3 is 4.74 Å². The number of hydrogen-bond acceptors (Lipinski definition) is 5. The molecule has 0 unspecified atom stereocenters. The minimum Gasteiger partial charge on any atom is -0.462 e. The standard InChI is InChI=1S/C20H17F3N2O4S/c1-3-29-19(26)14-4-8-15(9-5-14)25-17(12-18(24-25)20(21,22)23)13-6-10-16(11-7-13)30(2,27)28/h4-12H,3H2,1-2H3. The van der Waals surface area contributed by atoms with Gasteiger partial charge in [-0.05, 0) is 49.4 Å². The number of hydrogen-bond donors (Lipinski definition) is 0. The van der Waals surface area contributed by atoms with Crippen molar-refractivity contribution in [2.45, 2.75) is 18.0 Å². The van der Waals surface area contributed by atoms with Crippen LogP contribution in [0.5, 0.6) is 0 Å². The molecule has 158 valence electrons. The van der Waals surface area contributed by atoms with Gasteiger partial charge in [-0.15, -0.1) is 0 Å². The molecule has 10 heteroatoms. The second-order valence-corrected chi connectivity index (χ2v) is 8.40. The van der Waals surface area contributed by atoms with Gasteiger partial charge >= 0.3 is 12.1 Å². The highest BCUT2D eigenvalue weighted by Crippen LogP contribution is 2.33. The minimum atomic E-state index is -4.67. The van der Waals surface area contributed by atoms with Crippen molar-refractivity contribution in [3.8, 4) is 16.9 Å². The van der Waals surface area contributed by atoms with Gasteiger partial charge in [0.15, 0.2) is 15.5 Å². The molecule has 0 aliphatic carbocycles. The zero-order chi connectivity index (χ0) is 22.1. The number of esters is 1. The van der Waals surface area contributed by atoms with Crippen LogP contribution in [0.3, 0.4) is 0 Å². The topological polar surface area (TPSA) is 78.3 Å². The molecule has 6 nitrogen and oxygen atoms in total. The monoisotopic (exact) mass is 438 g/mol. The van der Waals surface area contributed by atoms with Crippen LogP contribution >= 0.6 is 0 Å². The third-order valence-electron chi connectivity index (χ3n) is 4.20. The molecule has 1 heterocycles. The van der Waals surface area contributed by atoms with Crippen LogP contribution in [0.2, 0.25) is 0 Å². The number of rotatable bonds is 5. The number of ether oxygens (including phenoxy) is 1. The lowest BCUT2D eigenvalue weighted by atomic mass is 10.1. The third-order valence-corrected chi connectivity index (χ3v) is 5.33. The van der Waals surface area contributed by atoms with Crippen LogP contribution in [0.1, 0.15) is 23.0 Å². The van der Waals surface area contributed by atoms with Gasteiger partial charge in [0.1, 0.15) is 0 Å². The first-order valence-corrected chi connectivity index (χ1v) is 10.6. The molecule has 3 aromatic rings. The Morgan fingerprint density at radius 1 is 1.07 bits per heavy atom. The van der Waals surface area contributed by atoms with Crippen LogP contribution in [0.25, 0.3) is 16.9 Å². The van der Waals surface area contributed by atoms with Crippen molar-refractivity contribution in [2.75, 3.05) is 12.9 Å². The van der Waals surface area contributed by atoms with E-state index in [1.807, 2.05) is 0 Å². The molecule has 0 spiro atoms. The minimum absolute atomic E-state index is 0.0483. The van der Waals surface area contributed by atoms with Crippen LogP contribution in [-0.2, 0) is 20.8 Å². The summed E-state index contributed by atoms with van der Waals surface area (Å²) < 4.78 is 69.1. The number of carbonyl (C=O) groups excluding carboxylic acids is 1. The van der Waals surface area contributed by atoms with E-state index in [-0.39, 0.29) is 22.8 Å². The molecule has 0 bridgehead atoms. The summed E-state index contributed by atoms with van der Waals surface area (Å²) in [5.41, 5.74) is -0.0890. The number of aromatic nitrogens is 2. The van der Waals surface area contributed by atoms with Gasteiger partial charge in [0.2, 0.25) is 0 Å². The molecule has 0 aliphatic rings. The summed E-state index contributed by atoms with van der Waals surface area (Å²) in [6.45, 7) is 1.86. The van der Waals surface area contributed by atoms with Crippen molar-refractivity contribution in [2.24, 2.45) is 0 Å². The van der Waals surface area contributed by atoms with E-state index in [2.05, 4.69) is 5.10 Å². The zero-order valence-corrected chi connectivity index (χ0v) is 16.8. The molecule has 30 heavy (non-hydrogen) atoms. The molecule has 0 atom stereocenters. The van der Waals surface area contributed by atoms with Crippen molar-refractivity contribution < 1.29 is 31.1 Å². The van der Waals surface area contributed by atoms with Crippen LogP contribution in [0, 0.1) is 0 Å². The van der Waals surface area contributed by atoms with Crippen molar-refractivity contribution >= 4 is 15.8 Å². The molecule has 3 rings (SSSR count). The number of sulfone groups is 1. The summed E-state index contributed by atoms with van der Waals surface area (Å²) in [5.74, 6) is -0.544. The first kappa shape index (κ1) is 21.6. The molecular weight excluding hydrogens is 421 g/mol. The molecule has 1 aromatic heterocycles. The SMILES string of the molecule is CCOC(=O)c1ccc(-n2nc(C(F)(F)F)cc2-c2ccc(S(C)(=O)=O)cc2)cc1. The number of halogens is 3. The quantitative estimate of drug-likeness (QED) is 0.560. The van der Waals surface area contributed by atoms with Gasteiger partial charge in [-0.25, -0.2) is 17.9 Å². The molecule has 0 radical (unpaired) electrons. The first-order chi connectivity index (χ1) is 14.0. The lowest BCUT2D eigenvalue weighted by Gasteiger charge is -2.09. The summed E-state index contributed by atoms with van der Waals surface area (Å²) in [5, 5.41) is 3.67. The highest BCUT2D eigenvalue weighted by atomic mass is 32.2. The van der Waals surface area contributed by atoms with Gasteiger partial charge in [-0.1, -0.05) is 12.1 Å². The summed E-state index contributed by atoms with van der Waals surface area (Å²) >= 11 is 0. The Balaban J connectivity index is 2.08. The number of benzene rings is 2. The van der Waals surface area contributed by atoms with Crippen molar-refractivity contribution in [1.82, 2.24) is 9.78 Å². The van der Waals surface area contributed by atoms with Crippen LogP contribution in [0.4, 0.5) is 13.2 Å². The van der Waals surface area contributed by atoms with Crippen molar-refractivity contribution in [1.29, 1.82) is 0 Å². The Morgan fingerprint density at radius 2 is 1.67 bits per heavy atom. The van der Waals surface area contributed by atoms with Crippen LogP contribution in [0.15, 0.2) is 59.5 Å². The first-order valence-electron chi connectivity index (χ1n) is 8.76. The highest BCUT2D eigenvalue weighted by molar-refractivity contribution is 7.90. The second kappa shape index (κ2) is 7.94. The van der Waals surface area contributed by atoms with E-state index in [1.54, 1.807) is 6.92 Å². The molecule has 0 aliphatic heterocycles. The van der Waals surface area contributed by atoms with E-state index in [0.29, 0.717) is 11.3 Å². The molecule has 0 saturated heterocycles. The van der Waals surface area contributed by atoms with E-state index in [1.165, 1.54) is 48.5 Å². The molecule has 0 amide bonds. The summed E-state index contributed by atoms with van der Waals surface area (Å²) in [7, 11) is -3.45. The van der Waals surface area contributed by atoms with E-state index in [4.69, 9.17) is 4.74 Å². The Morgan fingerprint density at radius 3 is 2.17 bits per heavy atom. The normalized spacial score (nSPS) is 12.0. The van der Waals surface area contributed by atoms with Crippen molar-refractivity contribution in [3.63, 3.8) is 0 Å². The Hall–Kier alpha value is -3.14. The predicted molar refractivity (Wildman–Crippen MR) is 103 cm³/mol. The van der Waals surface area contributed by atoms with E-state index in [0.717, 1.165) is 17.0 Å². The Labute approximate surface area is 170 Å². The number of alkyl halides is 3. The van der Waals surface area contributed by atoms with E-state index < -0.39 is 27.7 Å². The number of nitrogens with zero attached hydrogens (tertiary/aromatic N) is 2. The number of carbonyl (C=O) groups is 1. The Kier molecular flexibility index (Phi) is 5.71. The van der Waals surface area contributed by atoms with Crippen molar-refractivity contribution in [3.05, 3.63) is 65.9 Å². The largest absolute Gasteiger partial charge is 0.462 e. The summed E-state index contributed by atoms with van der Waals surface area (Å²) in [6.07, 6.45) is -3.63. The summed E-state index contributed by atoms with van der Waals surface area (Å²) in [6, 6.07) is 12.1. The lowest BCUT2D eigenvalue weighted by molar-refractivity contribution is -0.141. The van der Waals surface area contributed by atoms with E-state index >= 15 is 0 Å².